The second-order valence-corrected chi connectivity index (χ2v) is 5.14. The summed E-state index contributed by atoms with van der Waals surface area (Å²) in [6.07, 6.45) is 1.25. The Kier molecular flexibility index (Phi) is 9.94. The van der Waals surface area contributed by atoms with Gasteiger partial charge < -0.3 is 16.0 Å². The summed E-state index contributed by atoms with van der Waals surface area (Å²) in [5, 5.41) is 2.61. The fourth-order valence-corrected chi connectivity index (χ4v) is 1.42. The Labute approximate surface area is 116 Å². The van der Waals surface area contributed by atoms with Gasteiger partial charge in [-0.3, -0.25) is 9.59 Å². The minimum Gasteiger partial charge on any atom is -0.347 e. The number of nitrogens with zero attached hydrogens (tertiary/aromatic N) is 1. The monoisotopic (exact) mass is 279 g/mol. The van der Waals surface area contributed by atoms with E-state index in [1.54, 1.807) is 11.9 Å². The summed E-state index contributed by atoms with van der Waals surface area (Å²) in [5.74, 6) is -0.164. The maximum atomic E-state index is 11.7. The van der Waals surface area contributed by atoms with Crippen molar-refractivity contribution < 1.29 is 9.59 Å². The third-order valence-electron chi connectivity index (χ3n) is 2.56. The van der Waals surface area contributed by atoms with E-state index >= 15 is 0 Å². The van der Waals surface area contributed by atoms with Crippen LogP contribution in [-0.4, -0.2) is 43.4 Å². The van der Waals surface area contributed by atoms with Crippen LogP contribution >= 0.6 is 12.4 Å². The van der Waals surface area contributed by atoms with Crippen molar-refractivity contribution >= 4 is 24.2 Å². The molecular weight excluding hydrogens is 254 g/mol. The lowest BCUT2D eigenvalue weighted by atomic mass is 9.93. The van der Waals surface area contributed by atoms with Gasteiger partial charge in [0, 0.05) is 20.0 Å². The molecule has 0 saturated carbocycles. The second kappa shape index (κ2) is 9.16. The Morgan fingerprint density at radius 3 is 2.33 bits per heavy atom. The Bertz CT molecular complexity index is 270. The highest BCUT2D eigenvalue weighted by Crippen LogP contribution is 2.13. The molecule has 0 radical (unpaired) electrons. The molecule has 0 atom stereocenters. The van der Waals surface area contributed by atoms with Crippen molar-refractivity contribution in [3.8, 4) is 0 Å². The fraction of sp³-hybridized carbons (Fsp3) is 0.833. The standard InChI is InChI=1S/C12H25N3O2.ClH/c1-5-6-10(16)14-7-11(17)15(4)9-12(2,3)8-13;/h5-9,13H2,1-4H3,(H,14,16);1H. The van der Waals surface area contributed by atoms with Crippen LogP contribution in [0.5, 0.6) is 0 Å². The van der Waals surface area contributed by atoms with Crippen LogP contribution in [0.4, 0.5) is 0 Å². The summed E-state index contributed by atoms with van der Waals surface area (Å²) in [7, 11) is 1.73. The number of rotatable bonds is 7. The highest BCUT2D eigenvalue weighted by Gasteiger charge is 2.21. The number of nitrogens with two attached hydrogens (primary N) is 1. The summed E-state index contributed by atoms with van der Waals surface area (Å²) < 4.78 is 0. The molecule has 0 aliphatic rings. The quantitative estimate of drug-likeness (QED) is 0.723. The van der Waals surface area contributed by atoms with Crippen molar-refractivity contribution in [2.24, 2.45) is 11.1 Å². The van der Waals surface area contributed by atoms with Crippen LogP contribution in [0.25, 0.3) is 0 Å². The van der Waals surface area contributed by atoms with Crippen LogP contribution in [0, 0.1) is 5.41 Å². The molecule has 3 N–H and O–H groups in total. The van der Waals surface area contributed by atoms with Crippen LogP contribution in [0.3, 0.4) is 0 Å². The maximum absolute atomic E-state index is 11.7. The van der Waals surface area contributed by atoms with Gasteiger partial charge in [-0.25, -0.2) is 0 Å². The molecule has 5 nitrogen and oxygen atoms in total. The number of carbonyl (C=O) groups excluding carboxylic acids is 2. The molecule has 0 heterocycles. The van der Waals surface area contributed by atoms with Crippen molar-refractivity contribution in [1.82, 2.24) is 10.2 Å². The molecule has 2 amide bonds. The van der Waals surface area contributed by atoms with Crippen molar-refractivity contribution in [3.05, 3.63) is 0 Å². The van der Waals surface area contributed by atoms with E-state index in [1.165, 1.54) is 0 Å². The van der Waals surface area contributed by atoms with Gasteiger partial charge in [-0.2, -0.15) is 0 Å². The van der Waals surface area contributed by atoms with Crippen LogP contribution in [0.1, 0.15) is 33.6 Å². The zero-order valence-electron chi connectivity index (χ0n) is 11.8. The molecule has 6 heteroatoms. The summed E-state index contributed by atoms with van der Waals surface area (Å²) in [6.45, 7) is 7.12. The van der Waals surface area contributed by atoms with E-state index in [9.17, 15) is 9.59 Å². The third kappa shape index (κ3) is 8.31. The normalized spacial score (nSPS) is 10.5. The molecule has 18 heavy (non-hydrogen) atoms. The van der Waals surface area contributed by atoms with E-state index in [1.807, 2.05) is 20.8 Å². The first-order valence-electron chi connectivity index (χ1n) is 6.03. The predicted octanol–water partition coefficient (Wildman–Crippen LogP) is 0.768. The molecule has 0 spiro atoms. The summed E-state index contributed by atoms with van der Waals surface area (Å²) in [5.41, 5.74) is 5.51. The van der Waals surface area contributed by atoms with Crippen LogP contribution in [0.2, 0.25) is 0 Å². The van der Waals surface area contributed by atoms with E-state index in [2.05, 4.69) is 5.32 Å². The van der Waals surface area contributed by atoms with Gasteiger partial charge in [-0.1, -0.05) is 20.8 Å². The van der Waals surface area contributed by atoms with E-state index < -0.39 is 0 Å². The first-order valence-corrected chi connectivity index (χ1v) is 6.03. The average molecular weight is 280 g/mol. The number of likely N-dealkylation sites (N-methyl/N-ethyl adjacent to an activating group) is 1. The molecule has 0 saturated heterocycles. The highest BCUT2D eigenvalue weighted by atomic mass is 35.5. The second-order valence-electron chi connectivity index (χ2n) is 5.14. The van der Waals surface area contributed by atoms with Crippen molar-refractivity contribution in [2.75, 3.05) is 26.7 Å². The molecule has 0 aromatic rings. The number of amides is 2. The summed E-state index contributed by atoms with van der Waals surface area (Å²) in [6, 6.07) is 0. The van der Waals surface area contributed by atoms with Gasteiger partial charge in [0.1, 0.15) is 0 Å². The lowest BCUT2D eigenvalue weighted by molar-refractivity contribution is -0.132. The molecule has 0 unspecified atom stereocenters. The number of halogens is 1. The lowest BCUT2D eigenvalue weighted by Crippen LogP contribution is -2.44. The van der Waals surface area contributed by atoms with Crippen molar-refractivity contribution in [1.29, 1.82) is 0 Å². The average Bonchev–Trinajstić information content (AvgIpc) is 2.25. The molecule has 0 aromatic heterocycles. The topological polar surface area (TPSA) is 75.4 Å². The summed E-state index contributed by atoms with van der Waals surface area (Å²) >= 11 is 0. The number of carbonyl (C=O) groups is 2. The zero-order valence-corrected chi connectivity index (χ0v) is 12.6. The molecule has 108 valence electrons. The van der Waals surface area contributed by atoms with E-state index in [0.29, 0.717) is 19.5 Å². The highest BCUT2D eigenvalue weighted by molar-refractivity contribution is 5.85. The molecule has 0 bridgehead atoms. The first kappa shape index (κ1) is 19.5. The van der Waals surface area contributed by atoms with Gasteiger partial charge >= 0.3 is 0 Å². The van der Waals surface area contributed by atoms with Crippen molar-refractivity contribution in [3.63, 3.8) is 0 Å². The van der Waals surface area contributed by atoms with Crippen LogP contribution in [0.15, 0.2) is 0 Å². The first-order chi connectivity index (χ1) is 7.82. The van der Waals surface area contributed by atoms with E-state index in [4.69, 9.17) is 5.73 Å². The van der Waals surface area contributed by atoms with Gasteiger partial charge in [0.05, 0.1) is 6.54 Å². The number of nitrogens with one attached hydrogen (secondary N) is 1. The molecule has 0 fully saturated rings. The molecular formula is C12H26ClN3O2. The number of hydrogen-bond donors (Lipinski definition) is 2. The Morgan fingerprint density at radius 1 is 1.33 bits per heavy atom. The minimum absolute atomic E-state index is 0. The van der Waals surface area contributed by atoms with Gasteiger partial charge in [0.15, 0.2) is 0 Å². The van der Waals surface area contributed by atoms with Crippen LogP contribution in [-0.2, 0) is 9.59 Å². The van der Waals surface area contributed by atoms with E-state index in [0.717, 1.165) is 6.42 Å². The van der Waals surface area contributed by atoms with Gasteiger partial charge in [-0.15, -0.1) is 12.4 Å². The Balaban J connectivity index is 0. The van der Waals surface area contributed by atoms with Crippen LogP contribution < -0.4 is 11.1 Å². The van der Waals surface area contributed by atoms with Gasteiger partial charge in [-0.05, 0) is 18.4 Å². The maximum Gasteiger partial charge on any atom is 0.241 e. The third-order valence-corrected chi connectivity index (χ3v) is 2.56. The van der Waals surface area contributed by atoms with Gasteiger partial charge in [0.25, 0.3) is 0 Å². The fourth-order valence-electron chi connectivity index (χ4n) is 1.42. The summed E-state index contributed by atoms with van der Waals surface area (Å²) in [4.78, 5) is 24.5. The Morgan fingerprint density at radius 2 is 1.89 bits per heavy atom. The van der Waals surface area contributed by atoms with E-state index in [-0.39, 0.29) is 36.2 Å². The largest absolute Gasteiger partial charge is 0.347 e. The lowest BCUT2D eigenvalue weighted by Gasteiger charge is -2.29. The Hall–Kier alpha value is -0.810. The SMILES string of the molecule is CCCC(=O)NCC(=O)N(C)CC(C)(C)CN.Cl. The minimum atomic E-state index is -0.0994. The predicted molar refractivity (Wildman–Crippen MR) is 75.6 cm³/mol. The molecule has 0 aliphatic heterocycles. The smallest absolute Gasteiger partial charge is 0.241 e. The zero-order chi connectivity index (χ0) is 13.5. The molecule has 0 rings (SSSR count). The number of hydrogen-bond acceptors (Lipinski definition) is 3. The van der Waals surface area contributed by atoms with Crippen molar-refractivity contribution in [2.45, 2.75) is 33.6 Å². The van der Waals surface area contributed by atoms with Gasteiger partial charge in [0.2, 0.25) is 11.8 Å². The molecule has 0 aliphatic carbocycles. The molecule has 0 aromatic carbocycles.